The Kier molecular flexibility index (Phi) is 5.45. The van der Waals surface area contributed by atoms with Gasteiger partial charge >= 0.3 is 6.61 Å². The first-order chi connectivity index (χ1) is 12.7. The number of hydrogen-bond acceptors (Lipinski definition) is 7. The Hall–Kier alpha value is -2.49. The van der Waals surface area contributed by atoms with E-state index in [-0.39, 0.29) is 17.4 Å². The molecule has 2 N–H and O–H groups in total. The van der Waals surface area contributed by atoms with E-state index < -0.39 is 6.61 Å². The van der Waals surface area contributed by atoms with E-state index in [1.54, 1.807) is 13.1 Å². The number of aromatic amines is 1. The van der Waals surface area contributed by atoms with E-state index in [2.05, 4.69) is 56.0 Å². The second kappa shape index (κ2) is 7.63. The lowest BCUT2D eigenvalue weighted by Gasteiger charge is -2.42. The average molecular weight is 382 g/mol. The number of alkyl halides is 2. The van der Waals surface area contributed by atoms with Crippen LogP contribution in [0.3, 0.4) is 0 Å². The molecule has 0 unspecified atom stereocenters. The number of hydrogen-bond donors (Lipinski definition) is 2. The zero-order valence-electron chi connectivity index (χ0n) is 15.8. The van der Waals surface area contributed by atoms with Gasteiger partial charge in [-0.25, -0.2) is 0 Å². The van der Waals surface area contributed by atoms with Crippen LogP contribution >= 0.6 is 0 Å². The molecule has 0 amide bonds. The molecule has 148 valence electrons. The molecule has 1 fully saturated rings. The molecule has 1 aliphatic heterocycles. The van der Waals surface area contributed by atoms with Gasteiger partial charge in [0.1, 0.15) is 11.9 Å². The highest BCUT2D eigenvalue weighted by atomic mass is 19.3. The maximum atomic E-state index is 12.2. The summed E-state index contributed by atoms with van der Waals surface area (Å²) in [6.07, 6.45) is 2.51. The molecule has 10 heteroatoms. The van der Waals surface area contributed by atoms with Gasteiger partial charge in [-0.2, -0.15) is 13.8 Å². The minimum Gasteiger partial charge on any atom is -0.473 e. The molecule has 0 spiro atoms. The molecule has 1 atom stereocenters. The molecule has 0 bridgehead atoms. The summed E-state index contributed by atoms with van der Waals surface area (Å²) in [5.41, 5.74) is 0.619. The third-order valence-corrected chi connectivity index (χ3v) is 4.54. The van der Waals surface area contributed by atoms with Gasteiger partial charge in [-0.3, -0.25) is 10.1 Å². The van der Waals surface area contributed by atoms with Gasteiger partial charge in [0.25, 0.3) is 0 Å². The number of nitrogens with zero attached hydrogens (tertiary/aromatic N) is 4. The Labute approximate surface area is 156 Å². The summed E-state index contributed by atoms with van der Waals surface area (Å²) in [6.45, 7) is 5.08. The van der Waals surface area contributed by atoms with Gasteiger partial charge in [-0.05, 0) is 20.4 Å². The second-order valence-corrected chi connectivity index (χ2v) is 7.39. The number of aromatic nitrogens is 4. The Morgan fingerprint density at radius 1 is 1.37 bits per heavy atom. The molecule has 0 aliphatic carbocycles. The van der Waals surface area contributed by atoms with Crippen LogP contribution in [0.2, 0.25) is 0 Å². The van der Waals surface area contributed by atoms with Gasteiger partial charge in [-0.15, -0.1) is 5.10 Å². The van der Waals surface area contributed by atoms with Gasteiger partial charge in [0, 0.05) is 24.6 Å². The topological polar surface area (TPSA) is 88.2 Å². The van der Waals surface area contributed by atoms with Crippen molar-refractivity contribution in [1.82, 2.24) is 25.1 Å². The van der Waals surface area contributed by atoms with Crippen LogP contribution in [0.5, 0.6) is 11.8 Å². The first-order valence-corrected chi connectivity index (χ1v) is 8.69. The fourth-order valence-electron chi connectivity index (χ4n) is 3.22. The van der Waals surface area contributed by atoms with Crippen LogP contribution in [0, 0.1) is 12.3 Å². The Morgan fingerprint density at radius 3 is 2.85 bits per heavy atom. The lowest BCUT2D eigenvalue weighted by atomic mass is 9.81. The molecule has 0 aromatic carbocycles. The van der Waals surface area contributed by atoms with Crippen molar-refractivity contribution >= 4 is 11.6 Å². The summed E-state index contributed by atoms with van der Waals surface area (Å²) in [5, 5.41) is 9.19. The number of nitrogens with one attached hydrogen (secondary N) is 2. The number of aryl methyl sites for hydroxylation is 1. The van der Waals surface area contributed by atoms with Crippen molar-refractivity contribution in [2.75, 3.05) is 25.5 Å². The summed E-state index contributed by atoms with van der Waals surface area (Å²) in [7, 11) is 2.10. The van der Waals surface area contributed by atoms with E-state index in [0.29, 0.717) is 23.2 Å². The average Bonchev–Trinajstić information content (AvgIpc) is 2.99. The lowest BCUT2D eigenvalue weighted by molar-refractivity contribution is -0.0528. The highest BCUT2D eigenvalue weighted by molar-refractivity contribution is 5.55. The van der Waals surface area contributed by atoms with E-state index in [0.717, 1.165) is 19.5 Å². The summed E-state index contributed by atoms with van der Waals surface area (Å²) in [4.78, 5) is 11.1. The first-order valence-electron chi connectivity index (χ1n) is 8.69. The van der Waals surface area contributed by atoms with Crippen molar-refractivity contribution in [1.29, 1.82) is 0 Å². The Morgan fingerprint density at radius 2 is 2.15 bits per heavy atom. The molecular formula is C17H24F2N6O2. The molecule has 0 saturated carbocycles. The number of rotatable bonds is 6. The van der Waals surface area contributed by atoms with Crippen LogP contribution in [0.4, 0.5) is 20.4 Å². The maximum Gasteiger partial charge on any atom is 0.388 e. The van der Waals surface area contributed by atoms with Gasteiger partial charge in [0.15, 0.2) is 5.82 Å². The lowest BCUT2D eigenvalue weighted by Crippen LogP contribution is -2.49. The Balaban J connectivity index is 1.72. The third-order valence-electron chi connectivity index (χ3n) is 4.54. The van der Waals surface area contributed by atoms with E-state index in [4.69, 9.17) is 4.74 Å². The van der Waals surface area contributed by atoms with Crippen molar-refractivity contribution in [3.05, 3.63) is 18.0 Å². The monoisotopic (exact) mass is 382 g/mol. The van der Waals surface area contributed by atoms with Crippen LogP contribution in [0.1, 0.15) is 26.0 Å². The second-order valence-electron chi connectivity index (χ2n) is 7.39. The fraction of sp³-hybridized carbons (Fsp3) is 0.588. The van der Waals surface area contributed by atoms with Gasteiger partial charge < -0.3 is 19.7 Å². The normalized spacial score (nSPS) is 19.9. The van der Waals surface area contributed by atoms with E-state index in [9.17, 15) is 8.78 Å². The minimum atomic E-state index is -2.93. The van der Waals surface area contributed by atoms with Gasteiger partial charge in [0.05, 0.1) is 11.9 Å². The van der Waals surface area contributed by atoms with Crippen molar-refractivity contribution in [3.8, 4) is 11.8 Å². The van der Waals surface area contributed by atoms with Crippen LogP contribution in [-0.4, -0.2) is 57.9 Å². The number of ether oxygens (including phenoxy) is 2. The van der Waals surface area contributed by atoms with Gasteiger partial charge in [0.2, 0.25) is 11.8 Å². The number of piperidine rings is 1. The summed E-state index contributed by atoms with van der Waals surface area (Å²) in [6, 6.07) is 1.32. The minimum absolute atomic E-state index is 0.0158. The van der Waals surface area contributed by atoms with Crippen LogP contribution in [0.15, 0.2) is 12.3 Å². The molecule has 3 heterocycles. The molecule has 1 aliphatic rings. The van der Waals surface area contributed by atoms with E-state index in [1.807, 2.05) is 0 Å². The van der Waals surface area contributed by atoms with Crippen molar-refractivity contribution in [2.24, 2.45) is 5.41 Å². The van der Waals surface area contributed by atoms with Crippen molar-refractivity contribution in [3.63, 3.8) is 0 Å². The standard InChI is InChI=1S/C17H24F2N6O2/c1-10-15(21-12-7-13(24-23-12)27-16(18)19)22-14(8-20-10)26-11-5-6-25(4)9-17(11,2)3/h7-8,11,16H,5-6,9H2,1-4H3,(H2,21,22,23,24)/t11-/m1/s1. The highest BCUT2D eigenvalue weighted by Gasteiger charge is 2.36. The molecular weight excluding hydrogens is 358 g/mol. The number of H-pyrrole nitrogens is 1. The smallest absolute Gasteiger partial charge is 0.388 e. The highest BCUT2D eigenvalue weighted by Crippen LogP contribution is 2.32. The van der Waals surface area contributed by atoms with E-state index >= 15 is 0 Å². The number of likely N-dealkylation sites (tertiary alicyclic amines) is 1. The molecule has 0 radical (unpaired) electrons. The predicted octanol–water partition coefficient (Wildman–Crippen LogP) is 2.96. The zero-order valence-corrected chi connectivity index (χ0v) is 15.8. The maximum absolute atomic E-state index is 12.2. The van der Waals surface area contributed by atoms with Crippen LogP contribution < -0.4 is 14.8 Å². The van der Waals surface area contributed by atoms with E-state index in [1.165, 1.54) is 6.07 Å². The summed E-state index contributed by atoms with van der Waals surface area (Å²) < 4.78 is 34.8. The quantitative estimate of drug-likeness (QED) is 0.794. The third kappa shape index (κ3) is 4.82. The van der Waals surface area contributed by atoms with Crippen molar-refractivity contribution in [2.45, 2.75) is 39.9 Å². The van der Waals surface area contributed by atoms with Crippen LogP contribution in [0.25, 0.3) is 0 Å². The molecule has 8 nitrogen and oxygen atoms in total. The SMILES string of the molecule is Cc1ncc(O[C@@H]2CCN(C)CC2(C)C)nc1Nc1cc(OC(F)F)n[nH]1. The fourth-order valence-corrected chi connectivity index (χ4v) is 3.22. The van der Waals surface area contributed by atoms with Crippen LogP contribution in [-0.2, 0) is 0 Å². The molecule has 2 aromatic rings. The molecule has 3 rings (SSSR count). The Bertz CT molecular complexity index is 783. The molecule has 27 heavy (non-hydrogen) atoms. The summed E-state index contributed by atoms with van der Waals surface area (Å²) >= 11 is 0. The first kappa shape index (κ1) is 19.3. The largest absolute Gasteiger partial charge is 0.473 e. The zero-order chi connectivity index (χ0) is 19.6. The number of anilines is 2. The predicted molar refractivity (Wildman–Crippen MR) is 95.6 cm³/mol. The van der Waals surface area contributed by atoms with Gasteiger partial charge in [-0.1, -0.05) is 13.8 Å². The van der Waals surface area contributed by atoms with Crippen molar-refractivity contribution < 1.29 is 18.3 Å². The molecule has 2 aromatic heterocycles. The number of halogens is 2. The summed E-state index contributed by atoms with van der Waals surface area (Å²) in [5.74, 6) is 1.01. The molecule has 1 saturated heterocycles.